The number of oxazole rings is 1. The lowest BCUT2D eigenvalue weighted by molar-refractivity contribution is -0.134. The van der Waals surface area contributed by atoms with Crippen LogP contribution in [-0.4, -0.2) is 11.0 Å². The van der Waals surface area contributed by atoms with Gasteiger partial charge in [0.25, 0.3) is 0 Å². The average Bonchev–Trinajstić information content (AvgIpc) is 2.65. The Labute approximate surface area is 99.6 Å². The van der Waals surface area contributed by atoms with Crippen LogP contribution in [0.15, 0.2) is 22.6 Å². The maximum Gasteiger partial charge on any atom is 0.311 e. The second-order valence-corrected chi connectivity index (χ2v) is 3.94. The van der Waals surface area contributed by atoms with Crippen LogP contribution in [0.5, 0.6) is 5.75 Å². The summed E-state index contributed by atoms with van der Waals surface area (Å²) < 4.78 is 10.6. The number of esters is 1. The topological polar surface area (TPSA) is 52.3 Å². The molecule has 4 heteroatoms. The van der Waals surface area contributed by atoms with E-state index < -0.39 is 0 Å². The zero-order chi connectivity index (χ0) is 12.3. The number of unbranched alkanes of at least 4 members (excludes halogenated alkanes) is 1. The first-order valence-corrected chi connectivity index (χ1v) is 5.77. The number of aromatic nitrogens is 1. The zero-order valence-corrected chi connectivity index (χ0v) is 10.0. The fourth-order valence-corrected chi connectivity index (χ4v) is 1.59. The molecule has 0 bridgehead atoms. The Hall–Kier alpha value is -1.84. The van der Waals surface area contributed by atoms with E-state index in [0.717, 1.165) is 18.4 Å². The molecule has 0 fully saturated rings. The van der Waals surface area contributed by atoms with Gasteiger partial charge < -0.3 is 9.15 Å². The standard InChI is InChI=1S/C13H15NO3/c1-3-4-5-13(15)17-10-6-7-11-12(8-10)16-9(2)14-11/h6-8H,3-5H2,1-2H3. The van der Waals surface area contributed by atoms with Crippen LogP contribution in [0, 0.1) is 6.92 Å². The van der Waals surface area contributed by atoms with E-state index in [4.69, 9.17) is 9.15 Å². The minimum absolute atomic E-state index is 0.206. The SMILES string of the molecule is CCCCC(=O)Oc1ccc2nc(C)oc2c1. The molecule has 0 amide bonds. The zero-order valence-electron chi connectivity index (χ0n) is 10.0. The Balaban J connectivity index is 2.10. The molecule has 0 atom stereocenters. The first-order valence-electron chi connectivity index (χ1n) is 5.77. The summed E-state index contributed by atoms with van der Waals surface area (Å²) in [6.07, 6.45) is 2.28. The lowest BCUT2D eigenvalue weighted by atomic mass is 10.2. The normalized spacial score (nSPS) is 10.7. The van der Waals surface area contributed by atoms with Crippen LogP contribution in [0.1, 0.15) is 32.1 Å². The van der Waals surface area contributed by atoms with Crippen molar-refractivity contribution in [3.63, 3.8) is 0 Å². The maximum atomic E-state index is 11.4. The third-order valence-corrected chi connectivity index (χ3v) is 2.43. The van der Waals surface area contributed by atoms with Gasteiger partial charge in [0.2, 0.25) is 0 Å². The van der Waals surface area contributed by atoms with Gasteiger partial charge in [-0.05, 0) is 18.6 Å². The van der Waals surface area contributed by atoms with E-state index in [1.165, 1.54) is 0 Å². The number of hydrogen-bond acceptors (Lipinski definition) is 4. The molecule has 4 nitrogen and oxygen atoms in total. The minimum Gasteiger partial charge on any atom is -0.441 e. The highest BCUT2D eigenvalue weighted by Gasteiger charge is 2.07. The second-order valence-electron chi connectivity index (χ2n) is 3.94. The molecule has 0 saturated carbocycles. The molecule has 0 aliphatic carbocycles. The summed E-state index contributed by atoms with van der Waals surface area (Å²) in [7, 11) is 0. The molecule has 2 aromatic rings. The summed E-state index contributed by atoms with van der Waals surface area (Å²) in [6, 6.07) is 5.21. The number of carbonyl (C=O) groups is 1. The summed E-state index contributed by atoms with van der Waals surface area (Å²) in [4.78, 5) is 15.6. The monoisotopic (exact) mass is 233 g/mol. The second kappa shape index (κ2) is 4.99. The highest BCUT2D eigenvalue weighted by molar-refractivity contribution is 5.77. The van der Waals surface area contributed by atoms with Crippen molar-refractivity contribution in [2.45, 2.75) is 33.1 Å². The van der Waals surface area contributed by atoms with Gasteiger partial charge in [-0.15, -0.1) is 0 Å². The molecule has 0 aliphatic heterocycles. The van der Waals surface area contributed by atoms with E-state index >= 15 is 0 Å². The van der Waals surface area contributed by atoms with Gasteiger partial charge in [-0.25, -0.2) is 4.98 Å². The number of hydrogen-bond donors (Lipinski definition) is 0. The first kappa shape index (κ1) is 11.6. The fraction of sp³-hybridized carbons (Fsp3) is 0.385. The van der Waals surface area contributed by atoms with Gasteiger partial charge >= 0.3 is 5.97 Å². The van der Waals surface area contributed by atoms with Crippen molar-refractivity contribution in [3.8, 4) is 5.75 Å². The quantitative estimate of drug-likeness (QED) is 0.601. The Morgan fingerprint density at radius 1 is 1.47 bits per heavy atom. The molecule has 0 spiro atoms. The van der Waals surface area contributed by atoms with E-state index in [2.05, 4.69) is 4.98 Å². The highest BCUT2D eigenvalue weighted by atomic mass is 16.5. The van der Waals surface area contributed by atoms with Crippen molar-refractivity contribution < 1.29 is 13.9 Å². The molecule has 0 N–H and O–H groups in total. The average molecular weight is 233 g/mol. The maximum absolute atomic E-state index is 11.4. The molecule has 0 radical (unpaired) electrons. The number of carbonyl (C=O) groups excluding carboxylic acids is 1. The minimum atomic E-state index is -0.206. The molecule has 1 heterocycles. The Morgan fingerprint density at radius 3 is 3.06 bits per heavy atom. The van der Waals surface area contributed by atoms with Crippen molar-refractivity contribution >= 4 is 17.1 Å². The Morgan fingerprint density at radius 2 is 2.29 bits per heavy atom. The van der Waals surface area contributed by atoms with E-state index in [9.17, 15) is 4.79 Å². The molecule has 0 saturated heterocycles. The van der Waals surface area contributed by atoms with Crippen LogP contribution in [0.25, 0.3) is 11.1 Å². The molecule has 17 heavy (non-hydrogen) atoms. The third kappa shape index (κ3) is 2.84. The van der Waals surface area contributed by atoms with Crippen molar-refractivity contribution in [2.75, 3.05) is 0 Å². The van der Waals surface area contributed by atoms with Gasteiger partial charge in [0, 0.05) is 19.4 Å². The van der Waals surface area contributed by atoms with Crippen molar-refractivity contribution in [1.82, 2.24) is 4.98 Å². The van der Waals surface area contributed by atoms with E-state index in [1.54, 1.807) is 25.1 Å². The van der Waals surface area contributed by atoms with Gasteiger partial charge in [-0.1, -0.05) is 13.3 Å². The van der Waals surface area contributed by atoms with Crippen LogP contribution >= 0.6 is 0 Å². The highest BCUT2D eigenvalue weighted by Crippen LogP contribution is 2.21. The van der Waals surface area contributed by atoms with Gasteiger partial charge in [-0.2, -0.15) is 0 Å². The van der Waals surface area contributed by atoms with Gasteiger partial charge in [0.05, 0.1) is 0 Å². The van der Waals surface area contributed by atoms with E-state index in [0.29, 0.717) is 23.6 Å². The first-order chi connectivity index (χ1) is 8.19. The van der Waals surface area contributed by atoms with Gasteiger partial charge in [-0.3, -0.25) is 4.79 Å². The number of ether oxygens (including phenoxy) is 1. The molecule has 0 aliphatic rings. The van der Waals surface area contributed by atoms with Gasteiger partial charge in [0.15, 0.2) is 11.5 Å². The van der Waals surface area contributed by atoms with Crippen LogP contribution in [-0.2, 0) is 4.79 Å². The summed E-state index contributed by atoms with van der Waals surface area (Å²) >= 11 is 0. The van der Waals surface area contributed by atoms with Crippen LogP contribution in [0.2, 0.25) is 0 Å². The lowest BCUT2D eigenvalue weighted by Gasteiger charge is -2.02. The molecular weight excluding hydrogens is 218 g/mol. The molecule has 0 unspecified atom stereocenters. The van der Waals surface area contributed by atoms with Crippen LogP contribution in [0.4, 0.5) is 0 Å². The molecule has 1 aromatic carbocycles. The third-order valence-electron chi connectivity index (χ3n) is 2.43. The summed E-state index contributed by atoms with van der Waals surface area (Å²) in [5, 5.41) is 0. The summed E-state index contributed by atoms with van der Waals surface area (Å²) in [6.45, 7) is 3.82. The lowest BCUT2D eigenvalue weighted by Crippen LogP contribution is -2.07. The van der Waals surface area contributed by atoms with Crippen LogP contribution < -0.4 is 4.74 Å². The number of aryl methyl sites for hydroxylation is 1. The Kier molecular flexibility index (Phi) is 3.42. The summed E-state index contributed by atoms with van der Waals surface area (Å²) in [5.74, 6) is 0.909. The molecular formula is C13H15NO3. The smallest absolute Gasteiger partial charge is 0.311 e. The van der Waals surface area contributed by atoms with Crippen molar-refractivity contribution in [2.24, 2.45) is 0 Å². The number of benzene rings is 1. The fourth-order valence-electron chi connectivity index (χ4n) is 1.59. The predicted molar refractivity (Wildman–Crippen MR) is 63.9 cm³/mol. The van der Waals surface area contributed by atoms with Crippen molar-refractivity contribution in [1.29, 1.82) is 0 Å². The number of fused-ring (bicyclic) bond motifs is 1. The van der Waals surface area contributed by atoms with Crippen molar-refractivity contribution in [3.05, 3.63) is 24.1 Å². The molecule has 90 valence electrons. The largest absolute Gasteiger partial charge is 0.441 e. The van der Waals surface area contributed by atoms with E-state index in [1.807, 2.05) is 6.92 Å². The molecule has 2 rings (SSSR count). The number of nitrogens with zero attached hydrogens (tertiary/aromatic N) is 1. The van der Waals surface area contributed by atoms with Gasteiger partial charge in [0.1, 0.15) is 11.3 Å². The summed E-state index contributed by atoms with van der Waals surface area (Å²) in [5.41, 5.74) is 1.42. The predicted octanol–water partition coefficient (Wildman–Crippen LogP) is 3.23. The van der Waals surface area contributed by atoms with E-state index in [-0.39, 0.29) is 5.97 Å². The Bertz CT molecular complexity index is 530. The number of rotatable bonds is 4. The molecule has 1 aromatic heterocycles. The van der Waals surface area contributed by atoms with Crippen LogP contribution in [0.3, 0.4) is 0 Å².